The highest BCUT2D eigenvalue weighted by molar-refractivity contribution is 7.15. The number of hydrogen-bond acceptors (Lipinski definition) is 4. The molecule has 5 heteroatoms. The maximum absolute atomic E-state index is 10.6. The predicted octanol–water partition coefficient (Wildman–Crippen LogP) is 3.71. The van der Waals surface area contributed by atoms with Crippen molar-refractivity contribution in [2.75, 3.05) is 0 Å². The fourth-order valence-corrected chi connectivity index (χ4v) is 3.43. The fourth-order valence-electron chi connectivity index (χ4n) is 2.66. The Balaban J connectivity index is 1.92. The van der Waals surface area contributed by atoms with Crippen LogP contribution in [-0.2, 0) is 6.54 Å². The maximum Gasteiger partial charge on any atom is 0.324 e. The average Bonchev–Trinajstić information content (AvgIpc) is 2.76. The zero-order chi connectivity index (χ0) is 13.2. The summed E-state index contributed by atoms with van der Waals surface area (Å²) in [6.45, 7) is 5.36. The minimum atomic E-state index is -0.321. The van der Waals surface area contributed by atoms with Crippen molar-refractivity contribution in [1.82, 2.24) is 5.32 Å². The summed E-state index contributed by atoms with van der Waals surface area (Å²) in [4.78, 5) is 11.3. The minimum absolute atomic E-state index is 0.231. The van der Waals surface area contributed by atoms with Gasteiger partial charge in [0.1, 0.15) is 0 Å². The molecule has 1 aromatic rings. The van der Waals surface area contributed by atoms with E-state index < -0.39 is 0 Å². The van der Waals surface area contributed by atoms with Crippen molar-refractivity contribution >= 4 is 16.3 Å². The molecule has 0 aliphatic heterocycles. The van der Waals surface area contributed by atoms with Crippen molar-refractivity contribution in [3.05, 3.63) is 27.1 Å². The summed E-state index contributed by atoms with van der Waals surface area (Å²) in [7, 11) is 0. The number of thiophene rings is 1. The van der Waals surface area contributed by atoms with Gasteiger partial charge in [-0.2, -0.15) is 0 Å². The zero-order valence-corrected chi connectivity index (χ0v) is 11.8. The first kappa shape index (κ1) is 13.5. The molecule has 1 N–H and O–H groups in total. The van der Waals surface area contributed by atoms with Gasteiger partial charge in [-0.3, -0.25) is 10.1 Å². The lowest BCUT2D eigenvalue weighted by Gasteiger charge is -2.39. The lowest BCUT2D eigenvalue weighted by molar-refractivity contribution is -0.380. The first-order valence-electron chi connectivity index (χ1n) is 6.45. The van der Waals surface area contributed by atoms with E-state index in [9.17, 15) is 10.1 Å². The standard InChI is InChI=1S/C13H20N2O2S/c1-13(2)8-4-3-5-11(13)14-9-10-6-7-12(18-10)15(16)17/h6-7,11,14H,3-5,8-9H2,1-2H3. The van der Waals surface area contributed by atoms with E-state index in [1.807, 2.05) is 6.07 Å². The predicted molar refractivity (Wildman–Crippen MR) is 73.9 cm³/mol. The molecule has 0 aromatic carbocycles. The van der Waals surface area contributed by atoms with Gasteiger partial charge in [-0.05, 0) is 24.3 Å². The molecule has 0 bridgehead atoms. The number of nitrogens with one attached hydrogen (secondary N) is 1. The van der Waals surface area contributed by atoms with Gasteiger partial charge in [-0.15, -0.1) is 0 Å². The second-order valence-electron chi connectivity index (χ2n) is 5.66. The Bertz CT molecular complexity index is 428. The SMILES string of the molecule is CC1(C)CCCCC1NCc1ccc([N+](=O)[O-])s1. The second-order valence-corrected chi connectivity index (χ2v) is 6.81. The Morgan fingerprint density at radius 2 is 2.28 bits per heavy atom. The van der Waals surface area contributed by atoms with Crippen LogP contribution in [0.1, 0.15) is 44.4 Å². The monoisotopic (exact) mass is 268 g/mol. The molecular weight excluding hydrogens is 248 g/mol. The highest BCUT2D eigenvalue weighted by atomic mass is 32.1. The van der Waals surface area contributed by atoms with Gasteiger partial charge in [0.2, 0.25) is 0 Å². The van der Waals surface area contributed by atoms with E-state index in [4.69, 9.17) is 0 Å². The van der Waals surface area contributed by atoms with Crippen LogP contribution in [0.2, 0.25) is 0 Å². The van der Waals surface area contributed by atoms with Gasteiger partial charge in [0.25, 0.3) is 0 Å². The molecule has 1 aliphatic rings. The van der Waals surface area contributed by atoms with Crippen LogP contribution in [-0.4, -0.2) is 11.0 Å². The quantitative estimate of drug-likeness (QED) is 0.669. The maximum atomic E-state index is 10.6. The van der Waals surface area contributed by atoms with E-state index in [0.29, 0.717) is 11.5 Å². The Kier molecular flexibility index (Phi) is 4.02. The van der Waals surface area contributed by atoms with Crippen molar-refractivity contribution in [2.24, 2.45) is 5.41 Å². The molecule has 1 atom stereocenters. The van der Waals surface area contributed by atoms with E-state index in [2.05, 4.69) is 19.2 Å². The number of nitrogens with zero attached hydrogens (tertiary/aromatic N) is 1. The summed E-state index contributed by atoms with van der Waals surface area (Å²) in [5.74, 6) is 0. The normalized spacial score (nSPS) is 22.9. The molecule has 1 heterocycles. The van der Waals surface area contributed by atoms with Crippen LogP contribution in [0.15, 0.2) is 12.1 Å². The van der Waals surface area contributed by atoms with Crippen LogP contribution in [0.5, 0.6) is 0 Å². The molecule has 4 nitrogen and oxygen atoms in total. The van der Waals surface area contributed by atoms with Crippen molar-refractivity contribution in [2.45, 2.75) is 52.1 Å². The zero-order valence-electron chi connectivity index (χ0n) is 10.9. The largest absolute Gasteiger partial charge is 0.324 e. The molecule has 1 aliphatic carbocycles. The van der Waals surface area contributed by atoms with E-state index in [0.717, 1.165) is 11.4 Å². The fraction of sp³-hybridized carbons (Fsp3) is 0.692. The molecule has 100 valence electrons. The molecule has 1 saturated carbocycles. The van der Waals surface area contributed by atoms with Crippen LogP contribution >= 0.6 is 11.3 Å². The Morgan fingerprint density at radius 1 is 1.50 bits per heavy atom. The van der Waals surface area contributed by atoms with Gasteiger partial charge in [-0.25, -0.2) is 0 Å². The van der Waals surface area contributed by atoms with Crippen LogP contribution in [0.3, 0.4) is 0 Å². The topological polar surface area (TPSA) is 55.2 Å². The Morgan fingerprint density at radius 3 is 2.89 bits per heavy atom. The first-order chi connectivity index (χ1) is 8.49. The van der Waals surface area contributed by atoms with E-state index in [1.165, 1.54) is 37.0 Å². The van der Waals surface area contributed by atoms with E-state index in [1.54, 1.807) is 6.07 Å². The van der Waals surface area contributed by atoms with Crippen LogP contribution < -0.4 is 5.32 Å². The second kappa shape index (κ2) is 5.36. The minimum Gasteiger partial charge on any atom is -0.309 e. The van der Waals surface area contributed by atoms with Crippen molar-refractivity contribution < 1.29 is 4.92 Å². The number of rotatable bonds is 4. The van der Waals surface area contributed by atoms with Crippen molar-refractivity contribution in [3.63, 3.8) is 0 Å². The third-order valence-electron chi connectivity index (χ3n) is 3.86. The van der Waals surface area contributed by atoms with Gasteiger partial charge in [-0.1, -0.05) is 38.0 Å². The van der Waals surface area contributed by atoms with Gasteiger partial charge in [0.15, 0.2) is 0 Å². The van der Waals surface area contributed by atoms with Gasteiger partial charge >= 0.3 is 5.00 Å². The highest BCUT2D eigenvalue weighted by Crippen LogP contribution is 2.35. The Hall–Kier alpha value is -0.940. The number of hydrogen-bond donors (Lipinski definition) is 1. The van der Waals surface area contributed by atoms with Crippen molar-refractivity contribution in [1.29, 1.82) is 0 Å². The third kappa shape index (κ3) is 3.09. The summed E-state index contributed by atoms with van der Waals surface area (Å²) in [6, 6.07) is 3.96. The number of nitro groups is 1. The summed E-state index contributed by atoms with van der Waals surface area (Å²) < 4.78 is 0. The highest BCUT2D eigenvalue weighted by Gasteiger charge is 2.31. The van der Waals surface area contributed by atoms with Crippen LogP contribution in [0.25, 0.3) is 0 Å². The van der Waals surface area contributed by atoms with E-state index in [-0.39, 0.29) is 9.92 Å². The summed E-state index contributed by atoms with van der Waals surface area (Å²) in [6.07, 6.45) is 5.07. The molecule has 0 amide bonds. The average molecular weight is 268 g/mol. The van der Waals surface area contributed by atoms with Gasteiger partial charge in [0.05, 0.1) is 4.92 Å². The summed E-state index contributed by atoms with van der Waals surface area (Å²) in [5.41, 5.74) is 0.335. The van der Waals surface area contributed by atoms with E-state index >= 15 is 0 Å². The molecular formula is C13H20N2O2S. The summed E-state index contributed by atoms with van der Waals surface area (Å²) >= 11 is 1.27. The lowest BCUT2D eigenvalue weighted by Crippen LogP contribution is -2.43. The van der Waals surface area contributed by atoms with Crippen LogP contribution in [0.4, 0.5) is 5.00 Å². The third-order valence-corrected chi connectivity index (χ3v) is 4.89. The molecule has 1 unspecified atom stereocenters. The lowest BCUT2D eigenvalue weighted by atomic mass is 9.73. The molecule has 0 radical (unpaired) electrons. The Labute approximate surface area is 112 Å². The smallest absolute Gasteiger partial charge is 0.309 e. The molecule has 1 fully saturated rings. The first-order valence-corrected chi connectivity index (χ1v) is 7.27. The van der Waals surface area contributed by atoms with Gasteiger partial charge in [0, 0.05) is 23.5 Å². The molecule has 0 saturated heterocycles. The molecule has 2 rings (SSSR count). The summed E-state index contributed by atoms with van der Waals surface area (Å²) in [5, 5.41) is 14.4. The molecule has 1 aromatic heterocycles. The molecule has 18 heavy (non-hydrogen) atoms. The van der Waals surface area contributed by atoms with Crippen LogP contribution in [0, 0.1) is 15.5 Å². The van der Waals surface area contributed by atoms with Gasteiger partial charge < -0.3 is 5.32 Å². The van der Waals surface area contributed by atoms with Crippen molar-refractivity contribution in [3.8, 4) is 0 Å². The molecule has 0 spiro atoms.